The van der Waals surface area contributed by atoms with Crippen LogP contribution in [0.2, 0.25) is 0 Å². The molecule has 2 aliphatic rings. The van der Waals surface area contributed by atoms with Crippen molar-refractivity contribution in [1.82, 2.24) is 10.2 Å². The molecule has 3 aromatic rings. The maximum atomic E-state index is 13.5. The number of likely N-dealkylation sites (tertiary alicyclic amines) is 1. The highest BCUT2D eigenvalue weighted by molar-refractivity contribution is 5.76. The summed E-state index contributed by atoms with van der Waals surface area (Å²) in [4.78, 5) is 15.0. The molecule has 5 rings (SSSR count). The quantitative estimate of drug-likeness (QED) is 0.200. The first-order valence-corrected chi connectivity index (χ1v) is 14.3. The highest BCUT2D eigenvalue weighted by atomic mass is 19.4. The smallest absolute Gasteiger partial charge is 0.353 e. The van der Waals surface area contributed by atoms with Crippen molar-refractivity contribution in [2.75, 3.05) is 13.1 Å². The number of unbranched alkanes of at least 4 members (excludes halogenated alkanes) is 1. The van der Waals surface area contributed by atoms with E-state index in [1.165, 1.54) is 36.4 Å². The van der Waals surface area contributed by atoms with Gasteiger partial charge in [0, 0.05) is 38.0 Å². The topological polar surface area (TPSA) is 32.3 Å². The van der Waals surface area contributed by atoms with Crippen molar-refractivity contribution in [3.63, 3.8) is 0 Å². The maximum absolute atomic E-state index is 13.5. The van der Waals surface area contributed by atoms with Crippen molar-refractivity contribution in [2.24, 2.45) is 11.8 Å². The van der Waals surface area contributed by atoms with Crippen LogP contribution in [0.1, 0.15) is 66.7 Å². The molecule has 1 amide bonds. The number of alkyl halides is 3. The molecule has 0 bridgehead atoms. The summed E-state index contributed by atoms with van der Waals surface area (Å²) in [6.45, 7) is 2.07. The molecule has 8 heteroatoms. The van der Waals surface area contributed by atoms with Crippen LogP contribution in [0.15, 0.2) is 72.8 Å². The fourth-order valence-electron chi connectivity index (χ4n) is 6.60. The SMILES string of the molecule is O=C(CCCCC(c1ccc(F)cc1)c1ccc(F)cc1)N[C@H]1CC[C@@H]2CN(Cc3cccc(C(F)(F)F)c3)C[C@H]21. The van der Waals surface area contributed by atoms with Gasteiger partial charge in [0.05, 0.1) is 5.56 Å². The first kappa shape index (κ1) is 29.2. The number of fused-ring (bicyclic) bond motifs is 1. The van der Waals surface area contributed by atoms with E-state index in [0.717, 1.165) is 56.0 Å². The number of carbonyl (C=O) groups excluding carboxylic acids is 1. The van der Waals surface area contributed by atoms with Gasteiger partial charge in [-0.05, 0) is 84.5 Å². The van der Waals surface area contributed by atoms with E-state index < -0.39 is 11.7 Å². The number of halogens is 5. The Morgan fingerprint density at radius 1 is 0.878 bits per heavy atom. The molecule has 3 aromatic carbocycles. The van der Waals surface area contributed by atoms with Gasteiger partial charge in [-0.15, -0.1) is 0 Å². The fourth-order valence-corrected chi connectivity index (χ4v) is 6.60. The minimum atomic E-state index is -4.35. The summed E-state index contributed by atoms with van der Waals surface area (Å²) in [5, 5.41) is 3.23. The monoisotopic (exact) mass is 570 g/mol. The van der Waals surface area contributed by atoms with Gasteiger partial charge < -0.3 is 5.32 Å². The molecule has 3 atom stereocenters. The molecule has 0 spiro atoms. The standard InChI is InChI=1S/C33H35F5N2O/c34-27-13-8-23(9-14-27)29(24-10-15-28(35)16-11-24)6-1-2-7-32(41)39-31-17-12-25-20-40(21-30(25)31)19-22-4-3-5-26(18-22)33(36,37)38/h3-5,8-11,13-16,18,25,29-31H,1-2,6-7,12,17,19-21H2,(H,39,41)/t25-,30-,31+/m1/s1. The van der Waals surface area contributed by atoms with Gasteiger partial charge in [0.2, 0.25) is 5.91 Å². The minimum Gasteiger partial charge on any atom is -0.353 e. The van der Waals surface area contributed by atoms with E-state index in [1.54, 1.807) is 30.3 Å². The van der Waals surface area contributed by atoms with E-state index >= 15 is 0 Å². The summed E-state index contributed by atoms with van der Waals surface area (Å²) in [7, 11) is 0. The number of nitrogens with one attached hydrogen (secondary N) is 1. The lowest BCUT2D eigenvalue weighted by atomic mass is 9.87. The number of benzene rings is 3. The average molecular weight is 571 g/mol. The molecule has 1 heterocycles. The summed E-state index contributed by atoms with van der Waals surface area (Å²) < 4.78 is 66.3. The molecule has 2 fully saturated rings. The van der Waals surface area contributed by atoms with E-state index in [9.17, 15) is 26.7 Å². The number of carbonyl (C=O) groups is 1. The lowest BCUT2D eigenvalue weighted by Gasteiger charge is -2.22. The van der Waals surface area contributed by atoms with E-state index in [4.69, 9.17) is 0 Å². The Morgan fingerprint density at radius 2 is 1.54 bits per heavy atom. The molecular weight excluding hydrogens is 535 g/mol. The summed E-state index contributed by atoms with van der Waals surface area (Å²) in [6, 6.07) is 18.3. The van der Waals surface area contributed by atoms with E-state index in [2.05, 4.69) is 10.2 Å². The Kier molecular flexibility index (Phi) is 9.07. The van der Waals surface area contributed by atoms with Gasteiger partial charge in [0.25, 0.3) is 0 Å². The third kappa shape index (κ3) is 7.53. The first-order valence-electron chi connectivity index (χ1n) is 14.3. The Hall–Kier alpha value is -3.26. The lowest BCUT2D eigenvalue weighted by Crippen LogP contribution is -2.39. The maximum Gasteiger partial charge on any atom is 0.416 e. The molecule has 3 nitrogen and oxygen atoms in total. The Labute approximate surface area is 237 Å². The zero-order valence-electron chi connectivity index (χ0n) is 22.8. The molecule has 1 saturated heterocycles. The normalized spacial score (nSPS) is 20.9. The first-order chi connectivity index (χ1) is 19.7. The van der Waals surface area contributed by atoms with Crippen LogP contribution in [0.3, 0.4) is 0 Å². The second kappa shape index (κ2) is 12.7. The van der Waals surface area contributed by atoms with Crippen molar-refractivity contribution < 1.29 is 26.7 Å². The fraction of sp³-hybridized carbons (Fsp3) is 0.424. The van der Waals surface area contributed by atoms with Crippen LogP contribution in [0.5, 0.6) is 0 Å². The van der Waals surface area contributed by atoms with Crippen molar-refractivity contribution in [2.45, 2.75) is 63.2 Å². The van der Waals surface area contributed by atoms with Gasteiger partial charge >= 0.3 is 6.18 Å². The number of rotatable bonds is 10. The summed E-state index contributed by atoms with van der Waals surface area (Å²) in [6.07, 6.45) is 0.225. The van der Waals surface area contributed by atoms with Crippen LogP contribution < -0.4 is 5.32 Å². The largest absolute Gasteiger partial charge is 0.416 e. The summed E-state index contributed by atoms with van der Waals surface area (Å²) >= 11 is 0. The van der Waals surface area contributed by atoms with Crippen LogP contribution in [-0.4, -0.2) is 29.9 Å². The second-order valence-corrected chi connectivity index (χ2v) is 11.5. The van der Waals surface area contributed by atoms with Crippen molar-refractivity contribution in [3.05, 3.63) is 107 Å². The zero-order valence-corrected chi connectivity index (χ0v) is 22.8. The van der Waals surface area contributed by atoms with Crippen LogP contribution in [0.25, 0.3) is 0 Å². The predicted molar refractivity (Wildman–Crippen MR) is 148 cm³/mol. The lowest BCUT2D eigenvalue weighted by molar-refractivity contribution is -0.137. The van der Waals surface area contributed by atoms with Crippen LogP contribution >= 0.6 is 0 Å². The third-order valence-electron chi connectivity index (χ3n) is 8.63. The van der Waals surface area contributed by atoms with Gasteiger partial charge in [-0.1, -0.05) is 48.9 Å². The number of hydrogen-bond donors (Lipinski definition) is 1. The molecular formula is C33H35F5N2O. The Bertz CT molecular complexity index is 1260. The Balaban J connectivity index is 1.10. The van der Waals surface area contributed by atoms with Gasteiger partial charge in [-0.2, -0.15) is 13.2 Å². The molecule has 1 aliphatic heterocycles. The average Bonchev–Trinajstić information content (AvgIpc) is 3.50. The number of nitrogens with zero attached hydrogens (tertiary/aromatic N) is 1. The van der Waals surface area contributed by atoms with Crippen LogP contribution in [0.4, 0.5) is 22.0 Å². The minimum absolute atomic E-state index is 0.0175. The molecule has 0 aromatic heterocycles. The highest BCUT2D eigenvalue weighted by Gasteiger charge is 2.43. The van der Waals surface area contributed by atoms with E-state index in [-0.39, 0.29) is 29.5 Å². The van der Waals surface area contributed by atoms with Gasteiger partial charge in [-0.25, -0.2) is 8.78 Å². The molecule has 41 heavy (non-hydrogen) atoms. The van der Waals surface area contributed by atoms with Crippen molar-refractivity contribution in [1.29, 1.82) is 0 Å². The summed E-state index contributed by atoms with van der Waals surface area (Å²) in [5.41, 5.74) is 1.94. The van der Waals surface area contributed by atoms with Crippen molar-refractivity contribution in [3.8, 4) is 0 Å². The number of amides is 1. The molecule has 1 saturated carbocycles. The van der Waals surface area contributed by atoms with Crippen LogP contribution in [0, 0.1) is 23.5 Å². The zero-order chi connectivity index (χ0) is 29.0. The molecule has 0 unspecified atom stereocenters. The summed E-state index contributed by atoms with van der Waals surface area (Å²) in [5.74, 6) is 0.143. The molecule has 1 N–H and O–H groups in total. The molecule has 218 valence electrons. The van der Waals surface area contributed by atoms with E-state index in [0.29, 0.717) is 36.8 Å². The third-order valence-corrected chi connectivity index (χ3v) is 8.63. The Morgan fingerprint density at radius 3 is 2.17 bits per heavy atom. The van der Waals surface area contributed by atoms with Crippen LogP contribution in [-0.2, 0) is 17.5 Å². The van der Waals surface area contributed by atoms with Gasteiger partial charge in [-0.3, -0.25) is 9.69 Å². The van der Waals surface area contributed by atoms with Gasteiger partial charge in [0.1, 0.15) is 11.6 Å². The molecule has 1 aliphatic carbocycles. The highest BCUT2D eigenvalue weighted by Crippen LogP contribution is 2.39. The predicted octanol–water partition coefficient (Wildman–Crippen LogP) is 7.70. The second-order valence-electron chi connectivity index (χ2n) is 11.5. The van der Waals surface area contributed by atoms with Gasteiger partial charge in [0.15, 0.2) is 0 Å². The van der Waals surface area contributed by atoms with E-state index in [1.807, 2.05) is 0 Å². The number of hydrogen-bond acceptors (Lipinski definition) is 2. The molecule has 0 radical (unpaired) electrons. The van der Waals surface area contributed by atoms with Crippen molar-refractivity contribution >= 4 is 5.91 Å².